The number of oxazole rings is 2. The molecule has 2 fully saturated rings. The fourth-order valence-corrected chi connectivity index (χ4v) is 7.69. The standard InChI is InChI=1S/C20H20N2O6.C16H14N2O6.Na/c1-4-7-27-19(25)17-12(9-14-16(10(2)23)18(24)22(14)17)11-5-6-13-15(8-11)28-20(26)21(13)3;1-6(19)12-10-5-8(13(15(21)22)18(10)14(12)20)7-2-3-9-11(4-7)24-16(23)17-9;/h4-6,8,10,14,16,23H,1,7,9H2,2-3H3;2-4,6,10,12,19H,5H2,1H3,(H,17,23)(H,21,22);/q;;+1/p-1/t10-,14-,16-;6-,10-,12-;/m11./s1. The van der Waals surface area contributed by atoms with Gasteiger partial charge in [-0.25, -0.2) is 14.4 Å². The quantitative estimate of drug-likeness (QED) is 0.0732. The number of nitrogens with one attached hydrogen (secondary N) is 1. The number of β-lactam (4-membered cyclic amide) rings is 2. The molecule has 6 atom stereocenters. The van der Waals surface area contributed by atoms with Crippen LogP contribution in [0.25, 0.3) is 33.3 Å². The first-order valence-electron chi connectivity index (χ1n) is 16.4. The third kappa shape index (κ3) is 6.09. The number of ether oxygens (including phenoxy) is 1. The van der Waals surface area contributed by atoms with Crippen LogP contribution < -0.4 is 46.2 Å². The van der Waals surface area contributed by atoms with Crippen LogP contribution in [0.15, 0.2) is 78.9 Å². The SMILES string of the molecule is C=CCOC(=O)C1=C(c2ccc3c(c2)oc(=O)n3C)C[C@@H]2[C@@H]([C@@H](C)O)C(=O)N12.C[C@@H](O)[C@H]1C(=O)N2C(C(=O)[O-])=C(c3ccc4[nH]c(=O)oc4c3)C[C@H]12.[Na+]. The molecule has 3 N–H and O–H groups in total. The van der Waals surface area contributed by atoms with Gasteiger partial charge in [-0.05, 0) is 73.2 Å². The van der Waals surface area contributed by atoms with Crippen LogP contribution in [-0.2, 0) is 31.0 Å². The first-order valence-corrected chi connectivity index (χ1v) is 16.4. The summed E-state index contributed by atoms with van der Waals surface area (Å²) in [6.07, 6.45) is 0.485. The molecule has 53 heavy (non-hydrogen) atoms. The average molecular weight is 737 g/mol. The van der Waals surface area contributed by atoms with E-state index in [9.17, 15) is 44.1 Å². The molecule has 6 heterocycles. The van der Waals surface area contributed by atoms with Crippen molar-refractivity contribution >= 4 is 57.1 Å². The normalized spacial score (nSPS) is 22.7. The Bertz CT molecular complexity index is 2390. The van der Waals surface area contributed by atoms with Gasteiger partial charge in [-0.2, -0.15) is 0 Å². The Labute approximate surface area is 321 Å². The van der Waals surface area contributed by atoms with E-state index in [1.807, 2.05) is 0 Å². The van der Waals surface area contributed by atoms with Crippen LogP contribution in [0.1, 0.15) is 37.8 Å². The first-order chi connectivity index (χ1) is 24.7. The number of hydrogen-bond donors (Lipinski definition) is 3. The summed E-state index contributed by atoms with van der Waals surface area (Å²) in [5.74, 6) is -5.04. The molecule has 2 aromatic carbocycles. The number of aliphatic hydroxyl groups excluding tert-OH is 2. The van der Waals surface area contributed by atoms with E-state index >= 15 is 0 Å². The van der Waals surface area contributed by atoms with Gasteiger partial charge < -0.3 is 43.5 Å². The van der Waals surface area contributed by atoms with Gasteiger partial charge in [-0.15, -0.1) is 0 Å². The average Bonchev–Trinajstić information content (AvgIpc) is 3.81. The molecule has 17 heteroatoms. The number of aliphatic carboxylic acids is 1. The summed E-state index contributed by atoms with van der Waals surface area (Å²) >= 11 is 0. The van der Waals surface area contributed by atoms with Crippen LogP contribution in [0.2, 0.25) is 0 Å². The van der Waals surface area contributed by atoms with Gasteiger partial charge in [-0.1, -0.05) is 24.8 Å². The molecule has 0 bridgehead atoms. The van der Waals surface area contributed by atoms with Crippen molar-refractivity contribution in [2.24, 2.45) is 18.9 Å². The monoisotopic (exact) mass is 736 g/mol. The van der Waals surface area contributed by atoms with Crippen molar-refractivity contribution < 1.29 is 77.6 Å². The molecule has 4 aliphatic heterocycles. The Morgan fingerprint density at radius 1 is 0.925 bits per heavy atom. The van der Waals surface area contributed by atoms with Crippen molar-refractivity contribution in [1.29, 1.82) is 0 Å². The zero-order valence-electron chi connectivity index (χ0n) is 29.2. The molecule has 2 aromatic heterocycles. The fourth-order valence-electron chi connectivity index (χ4n) is 7.69. The first kappa shape index (κ1) is 37.7. The number of fused-ring (bicyclic) bond motifs is 4. The molecule has 270 valence electrons. The maximum Gasteiger partial charge on any atom is 1.00 e. The Balaban J connectivity index is 0.000000180. The van der Waals surface area contributed by atoms with Crippen molar-refractivity contribution in [2.75, 3.05) is 6.61 Å². The van der Waals surface area contributed by atoms with E-state index in [0.717, 1.165) is 0 Å². The third-order valence-corrected chi connectivity index (χ3v) is 10.1. The molecule has 2 saturated heterocycles. The Morgan fingerprint density at radius 2 is 1.47 bits per heavy atom. The number of aliphatic hydroxyl groups is 2. The number of carboxylic acid groups (broad SMARTS) is 1. The summed E-state index contributed by atoms with van der Waals surface area (Å²) < 4.78 is 16.8. The molecule has 8 rings (SSSR count). The Morgan fingerprint density at radius 3 is 2.04 bits per heavy atom. The predicted octanol–water partition coefficient (Wildman–Crippen LogP) is -2.62. The molecular weight excluding hydrogens is 703 g/mol. The number of H-pyrrole nitrogens is 1. The molecule has 16 nitrogen and oxygen atoms in total. The second kappa shape index (κ2) is 14.1. The van der Waals surface area contributed by atoms with Crippen molar-refractivity contribution in [3.8, 4) is 0 Å². The Kier molecular flexibility index (Phi) is 10.0. The zero-order valence-corrected chi connectivity index (χ0v) is 31.2. The van der Waals surface area contributed by atoms with E-state index in [0.29, 0.717) is 57.3 Å². The maximum atomic E-state index is 12.7. The number of carbonyl (C=O) groups excluding carboxylic acids is 4. The maximum absolute atomic E-state index is 12.7. The number of amides is 2. The van der Waals surface area contributed by atoms with Crippen LogP contribution in [0.4, 0.5) is 0 Å². The number of aromatic nitrogens is 2. The number of esters is 1. The van der Waals surface area contributed by atoms with Crippen LogP contribution in [0.3, 0.4) is 0 Å². The summed E-state index contributed by atoms with van der Waals surface area (Å²) in [6.45, 7) is 6.63. The summed E-state index contributed by atoms with van der Waals surface area (Å²) in [5, 5.41) is 31.2. The molecule has 4 aromatic rings. The van der Waals surface area contributed by atoms with E-state index in [2.05, 4.69) is 11.6 Å². The molecule has 4 aliphatic rings. The molecule has 0 unspecified atom stereocenters. The molecule has 2 amide bonds. The van der Waals surface area contributed by atoms with Crippen molar-refractivity contribution in [1.82, 2.24) is 19.4 Å². The summed E-state index contributed by atoms with van der Waals surface area (Å²) in [7, 11) is 1.61. The molecule has 0 aliphatic carbocycles. The largest absolute Gasteiger partial charge is 1.00 e. The molecular formula is C36H33N4NaO12. The van der Waals surface area contributed by atoms with Gasteiger partial charge in [0.05, 0.1) is 58.8 Å². The van der Waals surface area contributed by atoms with Gasteiger partial charge in [-0.3, -0.25) is 19.1 Å². The smallest absolute Gasteiger partial charge is 0.543 e. The number of aryl methyl sites for hydroxylation is 1. The number of benzene rings is 2. The number of nitrogens with zero attached hydrogens (tertiary/aromatic N) is 3. The van der Waals surface area contributed by atoms with Crippen LogP contribution >= 0.6 is 0 Å². The number of carboxylic acids is 1. The van der Waals surface area contributed by atoms with E-state index in [1.54, 1.807) is 50.4 Å². The van der Waals surface area contributed by atoms with Gasteiger partial charge in [0, 0.05) is 7.05 Å². The van der Waals surface area contributed by atoms with Gasteiger partial charge in [0.25, 0.3) is 0 Å². The predicted molar refractivity (Wildman–Crippen MR) is 179 cm³/mol. The van der Waals surface area contributed by atoms with Crippen LogP contribution in [0.5, 0.6) is 0 Å². The van der Waals surface area contributed by atoms with Crippen LogP contribution in [-0.4, -0.2) is 84.2 Å². The summed E-state index contributed by atoms with van der Waals surface area (Å²) in [4.78, 5) is 77.0. The van der Waals surface area contributed by atoms with Crippen molar-refractivity contribution in [3.05, 3.63) is 92.7 Å². The van der Waals surface area contributed by atoms with E-state index in [1.165, 1.54) is 27.4 Å². The number of carbonyl (C=O) groups is 4. The van der Waals surface area contributed by atoms with E-state index < -0.39 is 59.4 Å². The minimum Gasteiger partial charge on any atom is -0.543 e. The third-order valence-electron chi connectivity index (χ3n) is 10.1. The van der Waals surface area contributed by atoms with Gasteiger partial charge >= 0.3 is 47.0 Å². The van der Waals surface area contributed by atoms with Crippen molar-refractivity contribution in [3.63, 3.8) is 0 Å². The van der Waals surface area contributed by atoms with Crippen LogP contribution in [0, 0.1) is 11.8 Å². The van der Waals surface area contributed by atoms with Gasteiger partial charge in [0.1, 0.15) is 12.3 Å². The van der Waals surface area contributed by atoms with Crippen molar-refractivity contribution in [2.45, 2.75) is 51.0 Å². The minimum atomic E-state index is -1.44. The number of rotatable bonds is 8. The van der Waals surface area contributed by atoms with Gasteiger partial charge in [0.2, 0.25) is 11.8 Å². The Hall–Kier alpha value is -5.00. The zero-order chi connectivity index (χ0) is 37.3. The number of aromatic amines is 1. The second-order valence-corrected chi connectivity index (χ2v) is 13.2. The summed E-state index contributed by atoms with van der Waals surface area (Å²) in [6, 6.07) is 9.32. The topological polar surface area (TPSA) is 229 Å². The van der Waals surface area contributed by atoms with E-state index in [4.69, 9.17) is 13.6 Å². The summed E-state index contributed by atoms with van der Waals surface area (Å²) in [5.41, 5.74) is 4.08. The fraction of sp³-hybridized carbons (Fsp3) is 0.333. The van der Waals surface area contributed by atoms with E-state index in [-0.39, 0.29) is 59.5 Å². The van der Waals surface area contributed by atoms with Gasteiger partial charge in [0.15, 0.2) is 11.2 Å². The second-order valence-electron chi connectivity index (χ2n) is 13.2. The molecule has 0 radical (unpaired) electrons. The minimum absolute atomic E-state index is 0. The molecule has 0 saturated carbocycles. The number of hydrogen-bond acceptors (Lipinski definition) is 12. The molecule has 0 spiro atoms.